The SMILES string of the molecule is CSc1nc2cccc(Br)c2c(=O)n1-c1ccc(F)c(F)c1F. The second-order valence-corrected chi connectivity index (χ2v) is 6.20. The molecule has 0 amide bonds. The highest BCUT2D eigenvalue weighted by atomic mass is 79.9. The van der Waals surface area contributed by atoms with Gasteiger partial charge in [-0.15, -0.1) is 0 Å². The van der Waals surface area contributed by atoms with Crippen LogP contribution >= 0.6 is 27.7 Å². The molecule has 8 heteroatoms. The first-order valence-corrected chi connectivity index (χ1v) is 8.36. The maximum Gasteiger partial charge on any atom is 0.267 e. The summed E-state index contributed by atoms with van der Waals surface area (Å²) in [6.07, 6.45) is 1.65. The van der Waals surface area contributed by atoms with Gasteiger partial charge in [-0.2, -0.15) is 0 Å². The van der Waals surface area contributed by atoms with Crippen LogP contribution in [0.5, 0.6) is 0 Å². The molecule has 23 heavy (non-hydrogen) atoms. The van der Waals surface area contributed by atoms with Gasteiger partial charge in [-0.25, -0.2) is 18.2 Å². The highest BCUT2D eigenvalue weighted by Crippen LogP contribution is 2.26. The number of thioether (sulfide) groups is 1. The van der Waals surface area contributed by atoms with E-state index < -0.39 is 23.0 Å². The van der Waals surface area contributed by atoms with Crippen molar-refractivity contribution in [2.24, 2.45) is 0 Å². The zero-order valence-corrected chi connectivity index (χ0v) is 14.0. The third kappa shape index (κ3) is 2.55. The lowest BCUT2D eigenvalue weighted by molar-refractivity contribution is 0.443. The van der Waals surface area contributed by atoms with Crippen molar-refractivity contribution in [1.82, 2.24) is 9.55 Å². The zero-order valence-electron chi connectivity index (χ0n) is 11.6. The molecule has 0 unspecified atom stereocenters. The van der Waals surface area contributed by atoms with Crippen LogP contribution in [0, 0.1) is 17.5 Å². The van der Waals surface area contributed by atoms with E-state index in [-0.39, 0.29) is 16.2 Å². The molecule has 0 atom stereocenters. The molecule has 0 saturated heterocycles. The predicted molar refractivity (Wildman–Crippen MR) is 86.7 cm³/mol. The van der Waals surface area contributed by atoms with Gasteiger partial charge in [0.25, 0.3) is 5.56 Å². The monoisotopic (exact) mass is 400 g/mol. The van der Waals surface area contributed by atoms with E-state index in [0.29, 0.717) is 9.99 Å². The molecule has 0 saturated carbocycles. The molecule has 2 aromatic carbocycles. The minimum atomic E-state index is -1.63. The third-order valence-corrected chi connectivity index (χ3v) is 4.55. The van der Waals surface area contributed by atoms with Gasteiger partial charge in [-0.3, -0.25) is 9.36 Å². The Morgan fingerprint density at radius 1 is 1.13 bits per heavy atom. The Bertz CT molecular complexity index is 991. The number of nitrogens with zero attached hydrogens (tertiary/aromatic N) is 2. The maximum absolute atomic E-state index is 14.1. The number of aromatic nitrogens is 2. The Morgan fingerprint density at radius 3 is 2.57 bits per heavy atom. The first kappa shape index (κ1) is 16.1. The summed E-state index contributed by atoms with van der Waals surface area (Å²) >= 11 is 4.36. The van der Waals surface area contributed by atoms with Crippen molar-refractivity contribution in [2.75, 3.05) is 6.26 Å². The van der Waals surface area contributed by atoms with Gasteiger partial charge in [-0.05, 0) is 46.5 Å². The Kier molecular flexibility index (Phi) is 4.20. The van der Waals surface area contributed by atoms with Gasteiger partial charge < -0.3 is 0 Å². The van der Waals surface area contributed by atoms with E-state index in [0.717, 1.165) is 28.5 Å². The van der Waals surface area contributed by atoms with Crippen molar-refractivity contribution in [3.8, 4) is 5.69 Å². The van der Waals surface area contributed by atoms with Crippen LogP contribution in [0.4, 0.5) is 13.2 Å². The molecule has 1 aromatic heterocycles. The molecule has 1 heterocycles. The quantitative estimate of drug-likeness (QED) is 0.365. The van der Waals surface area contributed by atoms with Crippen molar-refractivity contribution in [3.05, 3.63) is 62.6 Å². The van der Waals surface area contributed by atoms with Crippen molar-refractivity contribution in [2.45, 2.75) is 5.16 Å². The van der Waals surface area contributed by atoms with Crippen molar-refractivity contribution in [1.29, 1.82) is 0 Å². The topological polar surface area (TPSA) is 34.9 Å². The Hall–Kier alpha value is -1.80. The van der Waals surface area contributed by atoms with Gasteiger partial charge in [-0.1, -0.05) is 17.8 Å². The molecule has 0 aliphatic carbocycles. The van der Waals surface area contributed by atoms with E-state index in [9.17, 15) is 18.0 Å². The number of hydrogen-bond donors (Lipinski definition) is 0. The predicted octanol–water partition coefficient (Wildman–Crippen LogP) is 4.29. The summed E-state index contributed by atoms with van der Waals surface area (Å²) in [5.41, 5.74) is -0.534. The van der Waals surface area contributed by atoms with E-state index in [1.807, 2.05) is 0 Å². The summed E-state index contributed by atoms with van der Waals surface area (Å²) in [5, 5.41) is 0.403. The molecular formula is C15H8BrF3N2OS. The minimum Gasteiger partial charge on any atom is -0.268 e. The lowest BCUT2D eigenvalue weighted by Crippen LogP contribution is -2.23. The maximum atomic E-state index is 14.1. The fraction of sp³-hybridized carbons (Fsp3) is 0.0667. The van der Waals surface area contributed by atoms with E-state index in [4.69, 9.17) is 0 Å². The molecule has 0 aliphatic rings. The summed E-state index contributed by atoms with van der Waals surface area (Å²) < 4.78 is 42.2. The van der Waals surface area contributed by atoms with Gasteiger partial charge in [0.15, 0.2) is 22.6 Å². The third-order valence-electron chi connectivity index (χ3n) is 3.25. The largest absolute Gasteiger partial charge is 0.268 e. The summed E-state index contributed by atoms with van der Waals surface area (Å²) in [7, 11) is 0. The number of benzene rings is 2. The molecule has 0 aliphatic heterocycles. The zero-order chi connectivity index (χ0) is 16.7. The normalized spacial score (nSPS) is 11.2. The highest BCUT2D eigenvalue weighted by molar-refractivity contribution is 9.10. The lowest BCUT2D eigenvalue weighted by Gasteiger charge is -2.13. The molecule has 0 N–H and O–H groups in total. The number of fused-ring (bicyclic) bond motifs is 1. The van der Waals surface area contributed by atoms with Crippen LogP contribution in [-0.2, 0) is 0 Å². The standard InChI is InChI=1S/C15H8BrF3N2OS/c1-23-15-20-9-4-2-3-7(16)11(9)14(22)21(15)10-6-5-8(17)12(18)13(10)19/h2-6H,1H3. The van der Waals surface area contributed by atoms with Crippen molar-refractivity contribution < 1.29 is 13.2 Å². The van der Waals surface area contributed by atoms with Crippen LogP contribution in [-0.4, -0.2) is 15.8 Å². The number of rotatable bonds is 2. The molecule has 0 bridgehead atoms. The molecule has 0 fully saturated rings. The van der Waals surface area contributed by atoms with Gasteiger partial charge in [0.1, 0.15) is 0 Å². The van der Waals surface area contributed by atoms with Crippen LogP contribution in [0.1, 0.15) is 0 Å². The van der Waals surface area contributed by atoms with Crippen LogP contribution in [0.3, 0.4) is 0 Å². The average molecular weight is 401 g/mol. The molecule has 3 rings (SSSR count). The highest BCUT2D eigenvalue weighted by Gasteiger charge is 2.20. The van der Waals surface area contributed by atoms with Gasteiger partial charge in [0.05, 0.1) is 16.6 Å². The molecular weight excluding hydrogens is 393 g/mol. The van der Waals surface area contributed by atoms with Gasteiger partial charge in [0, 0.05) is 4.47 Å². The van der Waals surface area contributed by atoms with Gasteiger partial charge >= 0.3 is 0 Å². The molecule has 3 aromatic rings. The second-order valence-electron chi connectivity index (χ2n) is 4.57. The van der Waals surface area contributed by atoms with Gasteiger partial charge in [0.2, 0.25) is 0 Å². The number of halogens is 4. The average Bonchev–Trinajstić information content (AvgIpc) is 2.53. The Labute approximate surface area is 141 Å². The Balaban J connectivity index is 2.47. The summed E-state index contributed by atoms with van der Waals surface area (Å²) in [5.74, 6) is -4.38. The number of hydrogen-bond acceptors (Lipinski definition) is 3. The molecule has 3 nitrogen and oxygen atoms in total. The minimum absolute atomic E-state index is 0.172. The van der Waals surface area contributed by atoms with Crippen LogP contribution in [0.2, 0.25) is 0 Å². The van der Waals surface area contributed by atoms with Crippen LogP contribution < -0.4 is 5.56 Å². The molecule has 0 spiro atoms. The van der Waals surface area contributed by atoms with E-state index in [1.165, 1.54) is 0 Å². The fourth-order valence-corrected chi connectivity index (χ4v) is 3.29. The van der Waals surface area contributed by atoms with E-state index in [2.05, 4.69) is 20.9 Å². The second kappa shape index (κ2) is 6.01. The first-order valence-electron chi connectivity index (χ1n) is 6.35. The summed E-state index contributed by atoms with van der Waals surface area (Å²) in [6, 6.07) is 6.79. The van der Waals surface area contributed by atoms with E-state index >= 15 is 0 Å². The molecule has 0 radical (unpaired) electrons. The summed E-state index contributed by atoms with van der Waals surface area (Å²) in [4.78, 5) is 17.1. The lowest BCUT2D eigenvalue weighted by atomic mass is 10.2. The smallest absolute Gasteiger partial charge is 0.267 e. The fourth-order valence-electron chi connectivity index (χ4n) is 2.21. The Morgan fingerprint density at radius 2 is 1.87 bits per heavy atom. The van der Waals surface area contributed by atoms with E-state index in [1.54, 1.807) is 24.5 Å². The molecule has 118 valence electrons. The van der Waals surface area contributed by atoms with Crippen molar-refractivity contribution in [3.63, 3.8) is 0 Å². The first-order chi connectivity index (χ1) is 11.0. The summed E-state index contributed by atoms with van der Waals surface area (Å²) in [6.45, 7) is 0. The van der Waals surface area contributed by atoms with Crippen LogP contribution in [0.15, 0.2) is 44.8 Å². The van der Waals surface area contributed by atoms with Crippen LogP contribution in [0.25, 0.3) is 16.6 Å². The van der Waals surface area contributed by atoms with Crippen molar-refractivity contribution >= 4 is 38.6 Å².